The fraction of sp³-hybridized carbons (Fsp3) is 0.375. The van der Waals surface area contributed by atoms with Crippen LogP contribution in [0.3, 0.4) is 0 Å². The third kappa shape index (κ3) is 3.65. The smallest absolute Gasteiger partial charge is 0.323 e. The Balaban J connectivity index is 1.72. The average molecular weight is 352 g/mol. The van der Waals surface area contributed by atoms with E-state index in [0.29, 0.717) is 31.2 Å². The van der Waals surface area contributed by atoms with Crippen molar-refractivity contribution in [3.05, 3.63) is 35.5 Å². The largest absolute Gasteiger partial charge is 0.497 e. The van der Waals surface area contributed by atoms with E-state index in [1.165, 1.54) is 11.9 Å². The summed E-state index contributed by atoms with van der Waals surface area (Å²) in [5, 5.41) is 6.44. The molecule has 2 aromatic rings. The van der Waals surface area contributed by atoms with Crippen LogP contribution >= 0.6 is 0 Å². The van der Waals surface area contributed by atoms with Crippen molar-refractivity contribution in [2.75, 3.05) is 25.6 Å². The molecule has 2 heterocycles. The number of nitrogens with one attached hydrogen (secondary N) is 1. The van der Waals surface area contributed by atoms with Crippen molar-refractivity contribution in [1.29, 1.82) is 0 Å². The molecule has 0 fully saturated rings. The van der Waals surface area contributed by atoms with Crippen molar-refractivity contribution in [2.45, 2.75) is 13.0 Å². The van der Waals surface area contributed by atoms with Gasteiger partial charge in [0.05, 0.1) is 20.2 Å². The van der Waals surface area contributed by atoms with Crippen molar-refractivity contribution in [3.8, 4) is 11.5 Å². The summed E-state index contributed by atoms with van der Waals surface area (Å²) in [6, 6.07) is 6.12. The van der Waals surface area contributed by atoms with Crippen molar-refractivity contribution in [2.24, 2.45) is 7.05 Å². The van der Waals surface area contributed by atoms with E-state index in [0.717, 1.165) is 16.3 Å². The quantitative estimate of drug-likeness (QED) is 0.922. The molecule has 0 radical (unpaired) electrons. The molecule has 0 saturated carbocycles. The maximum atomic E-state index is 12.8. The van der Waals surface area contributed by atoms with Gasteiger partial charge in [0.1, 0.15) is 23.8 Å². The molecule has 1 aromatic carbocycles. The molecule has 1 N–H and O–H groups in total. The lowest BCUT2D eigenvalue weighted by atomic mass is 10.2. The minimum Gasteiger partial charge on any atom is -0.497 e. The van der Waals surface area contributed by atoms with Gasteiger partial charge in [0, 0.05) is 24.7 Å². The van der Waals surface area contributed by atoms with Crippen LogP contribution in [0.1, 0.15) is 17.7 Å². The summed E-state index contributed by atoms with van der Waals surface area (Å²) in [5.74, 6) is 1.42. The molecule has 25 heavy (non-hydrogen) atoms. The molecule has 7 nitrogen and oxygen atoms in total. The minimum absolute atomic E-state index is 0.0860. The Morgan fingerprint density at radius 1 is 1.40 bits per heavy atom. The van der Waals surface area contributed by atoms with Crippen molar-refractivity contribution >= 4 is 11.8 Å². The van der Waals surface area contributed by atoms with Crippen LogP contribution in [0.5, 0.6) is 11.5 Å². The molecule has 3 rings (SSSR count). The summed E-state index contributed by atoms with van der Waals surface area (Å²) in [5.41, 5.74) is 0.578. The predicted octanol–water partition coefficient (Wildman–Crippen LogP) is 2.79. The topological polar surface area (TPSA) is 68.6 Å². The number of hydrogen-bond donors (Lipinski definition) is 1. The summed E-state index contributed by atoms with van der Waals surface area (Å²) in [6.45, 7) is 1.01. The fourth-order valence-electron chi connectivity index (χ4n) is 2.59. The number of methoxy groups -OCH3 is 1. The third-order valence-corrected chi connectivity index (χ3v) is 3.92. The molecule has 0 unspecified atom stereocenters. The number of carbonyl (C=O) groups is 1. The first-order chi connectivity index (χ1) is 12.0. The van der Waals surface area contributed by atoms with E-state index in [2.05, 4.69) is 10.4 Å². The average Bonchev–Trinajstić information content (AvgIpc) is 2.82. The molecule has 2 amide bonds. The molecule has 0 spiro atoms. The highest BCUT2D eigenvalue weighted by Crippen LogP contribution is 2.28. The highest BCUT2D eigenvalue weighted by molar-refractivity contribution is 5.88. The van der Waals surface area contributed by atoms with E-state index in [4.69, 9.17) is 9.47 Å². The van der Waals surface area contributed by atoms with Gasteiger partial charge in [-0.05, 0) is 12.1 Å². The molecule has 9 heteroatoms. The molecular weight excluding hydrogens is 334 g/mol. The number of anilines is 1. The molecule has 0 bridgehead atoms. The van der Waals surface area contributed by atoms with Crippen LogP contribution in [0.4, 0.5) is 19.4 Å². The first-order valence-electron chi connectivity index (χ1n) is 7.65. The van der Waals surface area contributed by atoms with Gasteiger partial charge in [-0.3, -0.25) is 10.00 Å². The highest BCUT2D eigenvalue weighted by atomic mass is 19.3. The maximum Gasteiger partial charge on any atom is 0.323 e. The Kier molecular flexibility index (Phi) is 4.73. The maximum absolute atomic E-state index is 12.8. The number of nitrogens with zero attached hydrogens (tertiary/aromatic N) is 3. The Morgan fingerprint density at radius 3 is 2.88 bits per heavy atom. The molecule has 134 valence electrons. The first-order valence-corrected chi connectivity index (χ1v) is 7.65. The first kappa shape index (κ1) is 17.0. The van der Waals surface area contributed by atoms with Crippen LogP contribution in [0.15, 0.2) is 24.3 Å². The summed E-state index contributed by atoms with van der Waals surface area (Å²) >= 11 is 0. The fourth-order valence-corrected chi connectivity index (χ4v) is 2.59. The number of amides is 2. The van der Waals surface area contributed by atoms with Gasteiger partial charge in [0.2, 0.25) is 0 Å². The summed E-state index contributed by atoms with van der Waals surface area (Å²) in [6.07, 6.45) is -2.66. The number of hydrogen-bond acceptors (Lipinski definition) is 4. The zero-order valence-corrected chi connectivity index (χ0v) is 13.8. The van der Waals surface area contributed by atoms with Crippen molar-refractivity contribution < 1.29 is 23.0 Å². The van der Waals surface area contributed by atoms with Gasteiger partial charge in [-0.1, -0.05) is 0 Å². The van der Waals surface area contributed by atoms with Gasteiger partial charge < -0.3 is 14.4 Å². The third-order valence-electron chi connectivity index (χ3n) is 3.92. The second-order valence-electron chi connectivity index (χ2n) is 5.55. The second kappa shape index (κ2) is 6.96. The number of carbonyl (C=O) groups excluding carboxylic acids is 1. The zero-order valence-electron chi connectivity index (χ0n) is 13.8. The lowest BCUT2D eigenvalue weighted by Crippen LogP contribution is -2.36. The van der Waals surface area contributed by atoms with Gasteiger partial charge in [-0.2, -0.15) is 5.10 Å². The number of ether oxygens (including phenoxy) is 2. The monoisotopic (exact) mass is 352 g/mol. The summed E-state index contributed by atoms with van der Waals surface area (Å²) < 4.78 is 37.5. The van der Waals surface area contributed by atoms with Crippen LogP contribution in [0, 0.1) is 0 Å². The number of aromatic nitrogens is 2. The van der Waals surface area contributed by atoms with Crippen LogP contribution in [-0.4, -0.2) is 41.0 Å². The number of halogens is 2. The lowest BCUT2D eigenvalue weighted by molar-refractivity contribution is 0.141. The van der Waals surface area contributed by atoms with E-state index in [9.17, 15) is 13.6 Å². The molecule has 0 saturated heterocycles. The van der Waals surface area contributed by atoms with E-state index in [-0.39, 0.29) is 11.5 Å². The summed E-state index contributed by atoms with van der Waals surface area (Å²) in [4.78, 5) is 14.0. The van der Waals surface area contributed by atoms with Gasteiger partial charge in [-0.25, -0.2) is 13.6 Å². The minimum atomic E-state index is -2.66. The number of alkyl halides is 2. The number of urea groups is 1. The standard InChI is InChI=1S/C16H18F2N4O3/c1-21-12(15(17)18)8-14(20-21)19-16(23)22-5-6-25-13-7-11(24-2)4-3-10(13)9-22/h3-4,7-8,15H,5-6,9H2,1-2H3,(H,19,20,23). The number of aryl methyl sites for hydroxylation is 1. The summed E-state index contributed by atoms with van der Waals surface area (Å²) in [7, 11) is 2.97. The Morgan fingerprint density at radius 2 is 2.20 bits per heavy atom. The molecule has 1 aromatic heterocycles. The predicted molar refractivity (Wildman–Crippen MR) is 86.1 cm³/mol. The number of benzene rings is 1. The molecule has 1 aliphatic heterocycles. The van der Waals surface area contributed by atoms with Gasteiger partial charge in [0.25, 0.3) is 6.43 Å². The van der Waals surface area contributed by atoms with Crippen LogP contribution in [0.2, 0.25) is 0 Å². The molecule has 0 atom stereocenters. The van der Waals surface area contributed by atoms with Crippen LogP contribution in [0.25, 0.3) is 0 Å². The Bertz CT molecular complexity index is 779. The van der Waals surface area contributed by atoms with Gasteiger partial charge in [0.15, 0.2) is 5.82 Å². The molecule has 0 aliphatic carbocycles. The van der Waals surface area contributed by atoms with Crippen molar-refractivity contribution in [1.82, 2.24) is 14.7 Å². The van der Waals surface area contributed by atoms with Crippen molar-refractivity contribution in [3.63, 3.8) is 0 Å². The van der Waals surface area contributed by atoms with E-state index >= 15 is 0 Å². The highest BCUT2D eigenvalue weighted by Gasteiger charge is 2.22. The van der Waals surface area contributed by atoms with Gasteiger partial charge in [-0.15, -0.1) is 0 Å². The zero-order chi connectivity index (χ0) is 18.0. The van der Waals surface area contributed by atoms with E-state index in [1.807, 2.05) is 6.07 Å². The molecular formula is C16H18F2N4O3. The Hall–Kier alpha value is -2.84. The number of fused-ring (bicyclic) bond motifs is 1. The molecule has 1 aliphatic rings. The SMILES string of the molecule is COc1ccc2c(c1)OCCN(C(=O)Nc1cc(C(F)F)n(C)n1)C2. The van der Waals surface area contributed by atoms with E-state index < -0.39 is 12.5 Å². The van der Waals surface area contributed by atoms with Crippen LogP contribution in [-0.2, 0) is 13.6 Å². The van der Waals surface area contributed by atoms with E-state index in [1.54, 1.807) is 19.2 Å². The normalized spacial score (nSPS) is 13.9. The number of rotatable bonds is 3. The lowest BCUT2D eigenvalue weighted by Gasteiger charge is -2.19. The van der Waals surface area contributed by atoms with Crippen LogP contribution < -0.4 is 14.8 Å². The Labute approximate surface area is 143 Å². The van der Waals surface area contributed by atoms with Gasteiger partial charge >= 0.3 is 6.03 Å². The second-order valence-corrected chi connectivity index (χ2v) is 5.55.